The maximum Gasteiger partial charge on any atom is 0.401 e. The molecule has 178 valence electrons. The van der Waals surface area contributed by atoms with E-state index in [1.54, 1.807) is 42.7 Å². The number of imidazole rings is 1. The smallest absolute Gasteiger partial charge is 0.345 e. The van der Waals surface area contributed by atoms with Crippen LogP contribution in [0.5, 0.6) is 0 Å². The average Bonchev–Trinajstić information content (AvgIpc) is 3.41. The summed E-state index contributed by atoms with van der Waals surface area (Å²) in [4.78, 5) is 24.9. The second-order valence-electron chi connectivity index (χ2n) is 8.29. The van der Waals surface area contributed by atoms with Crippen LogP contribution in [-0.4, -0.2) is 38.5 Å². The SMILES string of the molecule is O=C(/C=C/c1cncc(F)c1-c1ccc2nc[nH]c2c1)Nc1ccc2c(c1)CN(CC(F)(F)F)C2. The molecule has 0 atom stereocenters. The molecule has 5 rings (SSSR count). The van der Waals surface area contributed by atoms with Crippen LogP contribution in [-0.2, 0) is 17.9 Å². The average molecular weight is 481 g/mol. The van der Waals surface area contributed by atoms with Crippen molar-refractivity contribution in [2.45, 2.75) is 19.3 Å². The third-order valence-electron chi connectivity index (χ3n) is 5.72. The lowest BCUT2D eigenvalue weighted by atomic mass is 10.0. The van der Waals surface area contributed by atoms with Gasteiger partial charge in [-0.2, -0.15) is 13.2 Å². The van der Waals surface area contributed by atoms with Gasteiger partial charge in [0.05, 0.1) is 30.1 Å². The summed E-state index contributed by atoms with van der Waals surface area (Å²) in [5.74, 6) is -0.997. The van der Waals surface area contributed by atoms with Crippen LogP contribution in [0.15, 0.2) is 61.2 Å². The molecule has 0 aliphatic carbocycles. The Kier molecular flexibility index (Phi) is 5.81. The second-order valence-corrected chi connectivity index (χ2v) is 8.29. The van der Waals surface area contributed by atoms with Gasteiger partial charge in [0.25, 0.3) is 0 Å². The van der Waals surface area contributed by atoms with Crippen LogP contribution in [0, 0.1) is 5.82 Å². The van der Waals surface area contributed by atoms with E-state index in [9.17, 15) is 22.4 Å². The molecular formula is C25H19F4N5O. The molecule has 1 aliphatic heterocycles. The predicted molar refractivity (Wildman–Crippen MR) is 124 cm³/mol. The van der Waals surface area contributed by atoms with Gasteiger partial charge in [-0.05, 0) is 47.0 Å². The van der Waals surface area contributed by atoms with Gasteiger partial charge in [-0.3, -0.25) is 14.7 Å². The number of nitrogens with one attached hydrogen (secondary N) is 2. The number of alkyl halides is 3. The van der Waals surface area contributed by atoms with E-state index in [1.807, 2.05) is 0 Å². The molecule has 0 bridgehead atoms. The zero-order chi connectivity index (χ0) is 24.6. The van der Waals surface area contributed by atoms with Crippen molar-refractivity contribution < 1.29 is 22.4 Å². The number of anilines is 1. The van der Waals surface area contributed by atoms with Crippen molar-refractivity contribution in [2.75, 3.05) is 11.9 Å². The number of H-pyrrole nitrogens is 1. The fourth-order valence-electron chi connectivity index (χ4n) is 4.23. The Morgan fingerprint density at radius 1 is 1.11 bits per heavy atom. The van der Waals surface area contributed by atoms with Crippen LogP contribution in [0.3, 0.4) is 0 Å². The lowest BCUT2D eigenvalue weighted by molar-refractivity contribution is -0.147. The highest BCUT2D eigenvalue weighted by atomic mass is 19.4. The van der Waals surface area contributed by atoms with E-state index >= 15 is 0 Å². The third kappa shape index (κ3) is 5.07. The summed E-state index contributed by atoms with van der Waals surface area (Å²) in [7, 11) is 0. The van der Waals surface area contributed by atoms with Crippen LogP contribution in [0.25, 0.3) is 28.2 Å². The van der Waals surface area contributed by atoms with Gasteiger partial charge in [-0.1, -0.05) is 12.1 Å². The number of hydrogen-bond donors (Lipinski definition) is 2. The van der Waals surface area contributed by atoms with Gasteiger partial charge in [0, 0.05) is 42.2 Å². The quantitative estimate of drug-likeness (QED) is 0.300. The van der Waals surface area contributed by atoms with Crippen molar-refractivity contribution in [1.29, 1.82) is 0 Å². The number of fused-ring (bicyclic) bond motifs is 2. The maximum atomic E-state index is 14.7. The molecule has 1 aliphatic rings. The highest BCUT2D eigenvalue weighted by Crippen LogP contribution is 2.30. The predicted octanol–water partition coefficient (Wildman–Crippen LogP) is 5.29. The molecule has 1 amide bonds. The number of aromatic nitrogens is 3. The largest absolute Gasteiger partial charge is 0.401 e. The van der Waals surface area contributed by atoms with Gasteiger partial charge in [0.1, 0.15) is 5.82 Å². The minimum Gasteiger partial charge on any atom is -0.345 e. The molecule has 3 heterocycles. The topological polar surface area (TPSA) is 73.9 Å². The number of rotatable bonds is 5. The summed E-state index contributed by atoms with van der Waals surface area (Å²) in [6.07, 6.45) is 2.59. The molecule has 2 N–H and O–H groups in total. The maximum absolute atomic E-state index is 14.7. The zero-order valence-corrected chi connectivity index (χ0v) is 18.2. The molecule has 2 aromatic carbocycles. The fraction of sp³-hybridized carbons (Fsp3) is 0.160. The van der Waals surface area contributed by atoms with E-state index in [4.69, 9.17) is 0 Å². The molecule has 6 nitrogen and oxygen atoms in total. The number of nitrogens with zero attached hydrogens (tertiary/aromatic N) is 3. The molecule has 0 fully saturated rings. The molecule has 35 heavy (non-hydrogen) atoms. The van der Waals surface area contributed by atoms with Gasteiger partial charge in [0.15, 0.2) is 0 Å². The van der Waals surface area contributed by atoms with E-state index in [0.717, 1.165) is 28.4 Å². The Labute approximate surface area is 197 Å². The minimum absolute atomic E-state index is 0.160. The van der Waals surface area contributed by atoms with Crippen LogP contribution in [0.2, 0.25) is 0 Å². The Morgan fingerprint density at radius 2 is 1.94 bits per heavy atom. The summed E-state index contributed by atoms with van der Waals surface area (Å²) in [5.41, 5.74) is 4.80. The van der Waals surface area contributed by atoms with Crippen molar-refractivity contribution in [1.82, 2.24) is 19.9 Å². The second kappa shape index (κ2) is 8.95. The first-order chi connectivity index (χ1) is 16.7. The normalized spacial score (nSPS) is 14.1. The molecule has 0 saturated heterocycles. The molecule has 2 aromatic heterocycles. The Morgan fingerprint density at radius 3 is 2.77 bits per heavy atom. The molecule has 0 spiro atoms. The number of pyridine rings is 1. The van der Waals surface area contributed by atoms with Gasteiger partial charge in [-0.15, -0.1) is 0 Å². The molecule has 10 heteroatoms. The molecule has 4 aromatic rings. The number of halogens is 4. The highest BCUT2D eigenvalue weighted by Gasteiger charge is 2.33. The molecule has 0 saturated carbocycles. The summed E-state index contributed by atoms with van der Waals surface area (Å²) < 4.78 is 52.7. The molecule has 0 unspecified atom stereocenters. The summed E-state index contributed by atoms with van der Waals surface area (Å²) in [6, 6.07) is 10.3. The van der Waals surface area contributed by atoms with Crippen molar-refractivity contribution in [3.05, 3.63) is 83.7 Å². The van der Waals surface area contributed by atoms with Gasteiger partial charge >= 0.3 is 6.18 Å². The van der Waals surface area contributed by atoms with Crippen LogP contribution < -0.4 is 5.32 Å². The van der Waals surface area contributed by atoms with Crippen LogP contribution >= 0.6 is 0 Å². The Bertz CT molecular complexity index is 1440. The number of aromatic amines is 1. The lowest BCUT2D eigenvalue weighted by Gasteiger charge is -2.16. The van der Waals surface area contributed by atoms with Gasteiger partial charge in [0.2, 0.25) is 5.91 Å². The molecule has 0 radical (unpaired) electrons. The number of hydrogen-bond acceptors (Lipinski definition) is 4. The fourth-order valence-corrected chi connectivity index (χ4v) is 4.23. The van der Waals surface area contributed by atoms with Crippen molar-refractivity contribution in [3.8, 4) is 11.1 Å². The van der Waals surface area contributed by atoms with E-state index < -0.39 is 24.4 Å². The van der Waals surface area contributed by atoms with E-state index in [1.165, 1.54) is 23.2 Å². The van der Waals surface area contributed by atoms with Crippen molar-refractivity contribution in [2.24, 2.45) is 0 Å². The zero-order valence-electron chi connectivity index (χ0n) is 18.2. The van der Waals surface area contributed by atoms with Crippen molar-refractivity contribution in [3.63, 3.8) is 0 Å². The minimum atomic E-state index is -4.27. The highest BCUT2D eigenvalue weighted by molar-refractivity contribution is 6.02. The number of benzene rings is 2. The van der Waals surface area contributed by atoms with E-state index in [2.05, 4.69) is 20.3 Å². The van der Waals surface area contributed by atoms with Crippen LogP contribution in [0.4, 0.5) is 23.2 Å². The van der Waals surface area contributed by atoms with Gasteiger partial charge < -0.3 is 10.3 Å². The first-order valence-corrected chi connectivity index (χ1v) is 10.7. The molecular weight excluding hydrogens is 462 g/mol. The first-order valence-electron chi connectivity index (χ1n) is 10.7. The van der Waals surface area contributed by atoms with E-state index in [0.29, 0.717) is 22.4 Å². The van der Waals surface area contributed by atoms with E-state index in [-0.39, 0.29) is 13.1 Å². The number of amides is 1. The third-order valence-corrected chi connectivity index (χ3v) is 5.72. The Hall–Kier alpha value is -4.05. The van der Waals surface area contributed by atoms with Crippen molar-refractivity contribution >= 4 is 28.7 Å². The van der Waals surface area contributed by atoms with Crippen LogP contribution in [0.1, 0.15) is 16.7 Å². The Balaban J connectivity index is 1.32. The summed E-state index contributed by atoms with van der Waals surface area (Å²) in [6.45, 7) is -0.612. The number of carbonyl (C=O) groups is 1. The standard InChI is InChI=1S/C25H19F4N5O/c26-20-10-30-9-16(24(20)15-2-5-21-22(8-15)32-14-31-21)3-6-23(35)33-19-4-1-17-11-34(12-18(17)7-19)13-25(27,28)29/h1-10,14H,11-13H2,(H,31,32)(H,33,35)/b6-3+. The summed E-state index contributed by atoms with van der Waals surface area (Å²) >= 11 is 0. The lowest BCUT2D eigenvalue weighted by Crippen LogP contribution is -2.29. The summed E-state index contributed by atoms with van der Waals surface area (Å²) in [5, 5.41) is 2.71. The monoisotopic (exact) mass is 481 g/mol. The number of carbonyl (C=O) groups excluding carboxylic acids is 1. The van der Waals surface area contributed by atoms with Gasteiger partial charge in [-0.25, -0.2) is 9.37 Å². The first kappa shape index (κ1) is 22.7.